The van der Waals surface area contributed by atoms with Crippen LogP contribution in [0.25, 0.3) is 10.1 Å². The van der Waals surface area contributed by atoms with Crippen LogP contribution in [0.15, 0.2) is 23.6 Å². The van der Waals surface area contributed by atoms with Gasteiger partial charge in [0, 0.05) is 28.4 Å². The van der Waals surface area contributed by atoms with Crippen LogP contribution < -0.4 is 0 Å². The number of amides is 1. The number of carbonyl (C=O) groups excluding carboxylic acids is 1. The van der Waals surface area contributed by atoms with Crippen molar-refractivity contribution < 1.29 is 15.0 Å². The van der Waals surface area contributed by atoms with Crippen molar-refractivity contribution in [1.29, 1.82) is 0 Å². The molecule has 1 amide bonds. The highest BCUT2D eigenvalue weighted by molar-refractivity contribution is 7.17. The van der Waals surface area contributed by atoms with Gasteiger partial charge in [0.2, 0.25) is 0 Å². The summed E-state index contributed by atoms with van der Waals surface area (Å²) in [6.45, 7) is 3.98. The van der Waals surface area contributed by atoms with Gasteiger partial charge in [-0.15, -0.1) is 11.3 Å². The van der Waals surface area contributed by atoms with Gasteiger partial charge in [-0.25, -0.2) is 0 Å². The van der Waals surface area contributed by atoms with E-state index in [4.69, 9.17) is 0 Å². The molecule has 2 heterocycles. The zero-order valence-corrected chi connectivity index (χ0v) is 13.0. The van der Waals surface area contributed by atoms with Gasteiger partial charge in [-0.3, -0.25) is 4.79 Å². The van der Waals surface area contributed by atoms with Gasteiger partial charge >= 0.3 is 0 Å². The fourth-order valence-corrected chi connectivity index (χ4v) is 4.07. The van der Waals surface area contributed by atoms with Crippen LogP contribution in [0, 0.1) is 6.92 Å². The van der Waals surface area contributed by atoms with Crippen LogP contribution in [-0.4, -0.2) is 45.8 Å². The minimum Gasteiger partial charge on any atom is -0.394 e. The van der Waals surface area contributed by atoms with Gasteiger partial charge in [-0.2, -0.15) is 0 Å². The highest BCUT2D eigenvalue weighted by atomic mass is 32.1. The molecule has 2 atom stereocenters. The number of aliphatic hydroxyl groups excluding tert-OH is 2. The lowest BCUT2D eigenvalue weighted by Gasteiger charge is -2.33. The maximum absolute atomic E-state index is 12.8. The number of aryl methyl sites for hydroxylation is 1. The van der Waals surface area contributed by atoms with E-state index in [1.165, 1.54) is 5.56 Å². The molecule has 2 unspecified atom stereocenters. The number of carbonyl (C=O) groups is 1. The summed E-state index contributed by atoms with van der Waals surface area (Å²) in [5.41, 5.74) is 1.14. The first kappa shape index (κ1) is 14.5. The number of hydrogen-bond acceptors (Lipinski definition) is 4. The SMILES string of the molecule is Cc1ccc2c(C(=O)N3CC(O)CC3(C)CO)csc2c1. The molecule has 1 aliphatic rings. The molecule has 0 aliphatic carbocycles. The minimum atomic E-state index is -0.685. The minimum absolute atomic E-state index is 0.113. The molecule has 1 saturated heterocycles. The van der Waals surface area contributed by atoms with E-state index in [9.17, 15) is 15.0 Å². The molecular formula is C16H19NO3S. The van der Waals surface area contributed by atoms with Crippen LogP contribution >= 0.6 is 11.3 Å². The lowest BCUT2D eigenvalue weighted by atomic mass is 9.98. The Bertz CT molecular complexity index is 696. The fraction of sp³-hybridized carbons (Fsp3) is 0.438. The number of aliphatic hydroxyl groups is 2. The summed E-state index contributed by atoms with van der Waals surface area (Å²) in [5.74, 6) is -0.113. The Hall–Kier alpha value is -1.43. The summed E-state index contributed by atoms with van der Waals surface area (Å²) in [4.78, 5) is 14.4. The Morgan fingerprint density at radius 2 is 2.29 bits per heavy atom. The zero-order chi connectivity index (χ0) is 15.2. The first-order chi connectivity index (χ1) is 9.94. The first-order valence-electron chi connectivity index (χ1n) is 7.03. The molecule has 112 valence electrons. The van der Waals surface area contributed by atoms with E-state index in [0.717, 1.165) is 10.1 Å². The number of hydrogen-bond donors (Lipinski definition) is 2. The van der Waals surface area contributed by atoms with Crippen molar-refractivity contribution in [3.63, 3.8) is 0 Å². The molecule has 0 saturated carbocycles. The molecule has 2 N–H and O–H groups in total. The Balaban J connectivity index is 2.01. The quantitative estimate of drug-likeness (QED) is 0.894. The van der Waals surface area contributed by atoms with Gasteiger partial charge < -0.3 is 15.1 Å². The van der Waals surface area contributed by atoms with Gasteiger partial charge in [0.15, 0.2) is 0 Å². The molecule has 0 bridgehead atoms. The van der Waals surface area contributed by atoms with E-state index in [-0.39, 0.29) is 19.1 Å². The summed E-state index contributed by atoms with van der Waals surface area (Å²) >= 11 is 1.55. The molecular weight excluding hydrogens is 286 g/mol. The lowest BCUT2D eigenvalue weighted by Crippen LogP contribution is -2.47. The third-order valence-electron chi connectivity index (χ3n) is 4.27. The normalized spacial score (nSPS) is 25.7. The standard InChI is InChI=1S/C16H19NO3S/c1-10-3-4-12-13(8-21-14(12)5-10)15(20)17-7-11(19)6-16(17,2)9-18/h3-5,8,11,18-19H,6-7,9H2,1-2H3. The van der Waals surface area contributed by atoms with E-state index >= 15 is 0 Å². The van der Waals surface area contributed by atoms with Crippen molar-refractivity contribution >= 4 is 27.3 Å². The van der Waals surface area contributed by atoms with E-state index < -0.39 is 11.6 Å². The molecule has 1 aromatic heterocycles. The monoisotopic (exact) mass is 305 g/mol. The number of likely N-dealkylation sites (tertiary alicyclic amines) is 1. The molecule has 5 heteroatoms. The van der Waals surface area contributed by atoms with Crippen LogP contribution in [-0.2, 0) is 0 Å². The van der Waals surface area contributed by atoms with Crippen LogP contribution in [0.4, 0.5) is 0 Å². The third-order valence-corrected chi connectivity index (χ3v) is 5.21. The van der Waals surface area contributed by atoms with E-state index in [1.54, 1.807) is 16.2 Å². The van der Waals surface area contributed by atoms with Crippen molar-refractivity contribution in [3.8, 4) is 0 Å². The summed E-state index contributed by atoms with van der Waals surface area (Å²) in [7, 11) is 0. The molecule has 1 fully saturated rings. The topological polar surface area (TPSA) is 60.8 Å². The largest absolute Gasteiger partial charge is 0.394 e. The lowest BCUT2D eigenvalue weighted by molar-refractivity contribution is 0.0474. The fourth-order valence-electron chi connectivity index (χ4n) is 3.04. The molecule has 3 rings (SSSR count). The van der Waals surface area contributed by atoms with Crippen molar-refractivity contribution in [2.75, 3.05) is 13.2 Å². The van der Waals surface area contributed by atoms with E-state index in [2.05, 4.69) is 6.07 Å². The van der Waals surface area contributed by atoms with Crippen molar-refractivity contribution in [1.82, 2.24) is 4.90 Å². The van der Waals surface area contributed by atoms with Crippen LogP contribution in [0.5, 0.6) is 0 Å². The van der Waals surface area contributed by atoms with Crippen LogP contribution in [0.3, 0.4) is 0 Å². The van der Waals surface area contributed by atoms with Crippen LogP contribution in [0.1, 0.15) is 29.3 Å². The van der Waals surface area contributed by atoms with Gasteiger partial charge in [0.05, 0.1) is 23.8 Å². The molecule has 21 heavy (non-hydrogen) atoms. The first-order valence-corrected chi connectivity index (χ1v) is 7.91. The predicted octanol–water partition coefficient (Wildman–Crippen LogP) is 2.17. The number of benzene rings is 1. The summed E-state index contributed by atoms with van der Waals surface area (Å²) < 4.78 is 1.09. The average molecular weight is 305 g/mol. The Morgan fingerprint density at radius 3 is 3.00 bits per heavy atom. The summed E-state index contributed by atoms with van der Waals surface area (Å²) in [5, 5.41) is 22.3. The summed E-state index contributed by atoms with van der Waals surface area (Å²) in [6.07, 6.45) is -0.158. The molecule has 2 aromatic rings. The molecule has 1 aliphatic heterocycles. The second kappa shape index (κ2) is 5.09. The highest BCUT2D eigenvalue weighted by Crippen LogP contribution is 2.34. The maximum atomic E-state index is 12.8. The molecule has 4 nitrogen and oxygen atoms in total. The van der Waals surface area contributed by atoms with Crippen LogP contribution in [0.2, 0.25) is 0 Å². The molecule has 0 spiro atoms. The smallest absolute Gasteiger partial charge is 0.255 e. The average Bonchev–Trinajstić information content (AvgIpc) is 2.99. The number of nitrogens with zero attached hydrogens (tertiary/aromatic N) is 1. The zero-order valence-electron chi connectivity index (χ0n) is 12.2. The second-order valence-electron chi connectivity index (χ2n) is 6.08. The van der Waals surface area contributed by atoms with E-state index in [1.807, 2.05) is 31.4 Å². The Kier molecular flexibility index (Phi) is 3.51. The van der Waals surface area contributed by atoms with Gasteiger partial charge in [-0.05, 0) is 25.5 Å². The van der Waals surface area contributed by atoms with E-state index in [0.29, 0.717) is 12.0 Å². The Labute approximate surface area is 127 Å². The van der Waals surface area contributed by atoms with Crippen molar-refractivity contribution in [2.24, 2.45) is 0 Å². The Morgan fingerprint density at radius 1 is 1.52 bits per heavy atom. The summed E-state index contributed by atoms with van der Waals surface area (Å²) in [6, 6.07) is 6.04. The molecule has 0 radical (unpaired) electrons. The van der Waals surface area contributed by atoms with Gasteiger partial charge in [0.25, 0.3) is 5.91 Å². The number of β-amino-alcohol motifs (C(OH)–C–C–N with tert-alkyl or cyclic N) is 1. The number of fused-ring (bicyclic) bond motifs is 1. The number of thiophene rings is 1. The van der Waals surface area contributed by atoms with Gasteiger partial charge in [0.1, 0.15) is 0 Å². The molecule has 1 aromatic carbocycles. The second-order valence-corrected chi connectivity index (χ2v) is 6.99. The highest BCUT2D eigenvalue weighted by Gasteiger charge is 2.44. The van der Waals surface area contributed by atoms with Gasteiger partial charge in [-0.1, -0.05) is 12.1 Å². The predicted molar refractivity (Wildman–Crippen MR) is 83.7 cm³/mol. The number of rotatable bonds is 2. The third kappa shape index (κ3) is 2.35. The maximum Gasteiger partial charge on any atom is 0.255 e. The van der Waals surface area contributed by atoms with Crippen molar-refractivity contribution in [2.45, 2.75) is 31.9 Å². The van der Waals surface area contributed by atoms with Crippen molar-refractivity contribution in [3.05, 3.63) is 34.7 Å².